The van der Waals surface area contributed by atoms with E-state index in [2.05, 4.69) is 0 Å². The van der Waals surface area contributed by atoms with Crippen molar-refractivity contribution >= 4 is 16.8 Å². The third-order valence-corrected chi connectivity index (χ3v) is 5.62. The molecule has 0 aliphatic carbocycles. The maximum absolute atomic E-state index is 13.5. The summed E-state index contributed by atoms with van der Waals surface area (Å²) in [7, 11) is 1.63. The van der Waals surface area contributed by atoms with Crippen LogP contribution in [0.4, 0.5) is 0 Å². The van der Waals surface area contributed by atoms with E-state index in [-0.39, 0.29) is 11.5 Å². The predicted molar refractivity (Wildman–Crippen MR) is 114 cm³/mol. The smallest absolute Gasteiger partial charge is 0.266 e. The molecule has 1 amide bonds. The number of aliphatic hydroxyl groups excluding tert-OH is 1. The van der Waals surface area contributed by atoms with Crippen molar-refractivity contribution < 1.29 is 9.90 Å². The van der Waals surface area contributed by atoms with Crippen LogP contribution in [0.2, 0.25) is 0 Å². The molecule has 4 aromatic rings. The summed E-state index contributed by atoms with van der Waals surface area (Å²) in [6.07, 6.45) is -1.06. The molecule has 2 heterocycles. The summed E-state index contributed by atoms with van der Waals surface area (Å²) < 4.78 is 1.47. The van der Waals surface area contributed by atoms with E-state index in [9.17, 15) is 14.7 Å². The van der Waals surface area contributed by atoms with Crippen molar-refractivity contribution in [1.82, 2.24) is 14.5 Å². The number of hydrogen-bond donors (Lipinski definition) is 1. The van der Waals surface area contributed by atoms with Crippen LogP contribution in [0.5, 0.6) is 0 Å². The number of aliphatic hydroxyl groups is 1. The van der Waals surface area contributed by atoms with Crippen LogP contribution >= 0.6 is 0 Å². The Morgan fingerprint density at radius 1 is 0.900 bits per heavy atom. The molecule has 1 aliphatic rings. The van der Waals surface area contributed by atoms with E-state index < -0.39 is 12.1 Å². The van der Waals surface area contributed by atoms with E-state index in [1.165, 1.54) is 9.47 Å². The molecule has 6 nitrogen and oxygen atoms in total. The average Bonchev–Trinajstić information content (AvgIpc) is 2.88. The zero-order valence-electron chi connectivity index (χ0n) is 16.3. The molecule has 3 aromatic carbocycles. The number of nitrogens with zero attached hydrogens (tertiary/aromatic N) is 3. The van der Waals surface area contributed by atoms with Crippen molar-refractivity contribution in [2.24, 2.45) is 0 Å². The average molecular weight is 397 g/mol. The molecular weight excluding hydrogens is 378 g/mol. The Morgan fingerprint density at radius 3 is 2.37 bits per heavy atom. The van der Waals surface area contributed by atoms with Crippen LogP contribution in [0.3, 0.4) is 0 Å². The highest BCUT2D eigenvalue weighted by Gasteiger charge is 2.38. The first kappa shape index (κ1) is 18.3. The quantitative estimate of drug-likeness (QED) is 0.563. The van der Waals surface area contributed by atoms with Crippen molar-refractivity contribution in [3.05, 3.63) is 106 Å². The lowest BCUT2D eigenvalue weighted by Crippen LogP contribution is -2.36. The number of amides is 1. The zero-order chi connectivity index (χ0) is 20.8. The minimum atomic E-state index is -1.06. The number of fused-ring (bicyclic) bond motifs is 4. The van der Waals surface area contributed by atoms with Crippen LogP contribution in [0.25, 0.3) is 16.6 Å². The van der Waals surface area contributed by atoms with Gasteiger partial charge in [0.15, 0.2) is 0 Å². The van der Waals surface area contributed by atoms with E-state index in [0.717, 1.165) is 0 Å². The first-order chi connectivity index (χ1) is 14.6. The molecule has 1 unspecified atom stereocenters. The summed E-state index contributed by atoms with van der Waals surface area (Å²) in [5.41, 5.74) is 1.76. The summed E-state index contributed by atoms with van der Waals surface area (Å²) >= 11 is 0. The minimum Gasteiger partial charge on any atom is -0.386 e. The van der Waals surface area contributed by atoms with Gasteiger partial charge in [0.05, 0.1) is 22.2 Å². The van der Waals surface area contributed by atoms with Crippen molar-refractivity contribution in [2.45, 2.75) is 12.1 Å². The van der Waals surface area contributed by atoms with Gasteiger partial charge in [-0.2, -0.15) is 0 Å². The highest BCUT2D eigenvalue weighted by Crippen LogP contribution is 2.37. The van der Waals surface area contributed by atoms with E-state index in [0.29, 0.717) is 33.5 Å². The fourth-order valence-electron chi connectivity index (χ4n) is 4.11. The van der Waals surface area contributed by atoms with Crippen LogP contribution in [0, 0.1) is 0 Å². The molecule has 0 bridgehead atoms. The van der Waals surface area contributed by atoms with Gasteiger partial charge < -0.3 is 10.0 Å². The number of carbonyl (C=O) groups is 1. The SMILES string of the molecule is CN1C(=O)c2ccccc2-n2c(nc3ccccc3c2=O)C1[C@@H](O)c1ccccc1. The Hall–Kier alpha value is -3.77. The van der Waals surface area contributed by atoms with Gasteiger partial charge >= 0.3 is 0 Å². The number of hydrogen-bond acceptors (Lipinski definition) is 4. The highest BCUT2D eigenvalue weighted by atomic mass is 16.3. The number of benzene rings is 3. The zero-order valence-corrected chi connectivity index (χ0v) is 16.3. The summed E-state index contributed by atoms with van der Waals surface area (Å²) in [6.45, 7) is 0. The molecule has 6 heteroatoms. The van der Waals surface area contributed by atoms with E-state index in [1.54, 1.807) is 61.6 Å². The summed E-state index contributed by atoms with van der Waals surface area (Å²) in [5.74, 6) is 0.0513. The van der Waals surface area contributed by atoms with Gasteiger partial charge in [0, 0.05) is 7.05 Å². The number of aromatic nitrogens is 2. The molecule has 148 valence electrons. The van der Waals surface area contributed by atoms with Crippen molar-refractivity contribution in [1.29, 1.82) is 0 Å². The molecule has 0 spiro atoms. The molecule has 2 atom stereocenters. The predicted octanol–water partition coefficient (Wildman–Crippen LogP) is 3.25. The third-order valence-electron chi connectivity index (χ3n) is 5.62. The number of likely N-dealkylation sites (N-methyl/N-ethyl adjacent to an activating group) is 1. The fraction of sp³-hybridized carbons (Fsp3) is 0.125. The Morgan fingerprint density at radius 2 is 1.57 bits per heavy atom. The van der Waals surface area contributed by atoms with Gasteiger partial charge in [-0.25, -0.2) is 4.98 Å². The second-order valence-electron chi connectivity index (χ2n) is 7.36. The molecule has 0 fully saturated rings. The highest BCUT2D eigenvalue weighted by molar-refractivity contribution is 5.98. The second kappa shape index (κ2) is 6.93. The minimum absolute atomic E-state index is 0.267. The van der Waals surface area contributed by atoms with Crippen LogP contribution < -0.4 is 5.56 Å². The van der Waals surface area contributed by atoms with Crippen molar-refractivity contribution in [3.63, 3.8) is 0 Å². The number of rotatable bonds is 2. The molecule has 0 saturated carbocycles. The van der Waals surface area contributed by atoms with Crippen molar-refractivity contribution in [2.75, 3.05) is 7.05 Å². The molecule has 1 aliphatic heterocycles. The molecular formula is C24H19N3O3. The first-order valence-corrected chi connectivity index (χ1v) is 9.69. The van der Waals surface area contributed by atoms with E-state index in [4.69, 9.17) is 4.98 Å². The van der Waals surface area contributed by atoms with E-state index >= 15 is 0 Å². The van der Waals surface area contributed by atoms with Gasteiger partial charge in [0.25, 0.3) is 11.5 Å². The van der Waals surface area contributed by atoms with Gasteiger partial charge in [-0.05, 0) is 29.8 Å². The van der Waals surface area contributed by atoms with Gasteiger partial charge in [-0.3, -0.25) is 14.2 Å². The summed E-state index contributed by atoms with van der Waals surface area (Å²) in [5, 5.41) is 11.8. The standard InChI is InChI=1S/C24H19N3O3/c1-26-20(21(28)15-9-3-2-4-10-15)22-25-18-13-7-5-11-16(18)24(30)27(22)19-14-8-6-12-17(19)23(26)29/h2-14,20-21,28H,1H3/t20?,21-/m0/s1. The molecule has 1 aromatic heterocycles. The molecule has 0 radical (unpaired) electrons. The lowest BCUT2D eigenvalue weighted by molar-refractivity contribution is 0.0413. The van der Waals surface area contributed by atoms with Gasteiger partial charge in [0.2, 0.25) is 0 Å². The van der Waals surface area contributed by atoms with Crippen molar-refractivity contribution in [3.8, 4) is 5.69 Å². The lowest BCUT2D eigenvalue weighted by atomic mass is 10.00. The van der Waals surface area contributed by atoms with E-state index in [1.807, 2.05) is 24.3 Å². The number of para-hydroxylation sites is 2. The molecule has 5 rings (SSSR count). The van der Waals surface area contributed by atoms with Gasteiger partial charge in [0.1, 0.15) is 18.0 Å². The largest absolute Gasteiger partial charge is 0.386 e. The monoisotopic (exact) mass is 397 g/mol. The first-order valence-electron chi connectivity index (χ1n) is 9.69. The van der Waals surface area contributed by atoms with Crippen LogP contribution in [0.1, 0.15) is 33.9 Å². The Balaban J connectivity index is 1.87. The Bertz CT molecular complexity index is 1330. The summed E-state index contributed by atoms with van der Waals surface area (Å²) in [6, 6.07) is 22.3. The normalized spacial score (nSPS) is 16.7. The fourth-order valence-corrected chi connectivity index (χ4v) is 4.11. The number of carbonyl (C=O) groups excluding carboxylic acids is 1. The molecule has 0 saturated heterocycles. The second-order valence-corrected chi connectivity index (χ2v) is 7.36. The molecule has 1 N–H and O–H groups in total. The topological polar surface area (TPSA) is 75.4 Å². The van der Waals surface area contributed by atoms with Gasteiger partial charge in [-0.15, -0.1) is 0 Å². The molecule has 30 heavy (non-hydrogen) atoms. The summed E-state index contributed by atoms with van der Waals surface area (Å²) in [4.78, 5) is 33.1. The van der Waals surface area contributed by atoms with Gasteiger partial charge in [-0.1, -0.05) is 54.6 Å². The third kappa shape index (κ3) is 2.65. The Kier molecular flexibility index (Phi) is 4.22. The maximum Gasteiger partial charge on any atom is 0.266 e. The van der Waals surface area contributed by atoms with Crippen LogP contribution in [0.15, 0.2) is 83.7 Å². The lowest BCUT2D eigenvalue weighted by Gasteiger charge is -2.30. The Labute approximate surface area is 172 Å². The van der Waals surface area contributed by atoms with Crippen LogP contribution in [-0.2, 0) is 0 Å². The van der Waals surface area contributed by atoms with Crippen LogP contribution in [-0.4, -0.2) is 32.5 Å². The maximum atomic E-state index is 13.5.